The van der Waals surface area contributed by atoms with Crippen molar-refractivity contribution in [1.82, 2.24) is 9.55 Å². The van der Waals surface area contributed by atoms with E-state index in [9.17, 15) is 0 Å². The van der Waals surface area contributed by atoms with Crippen molar-refractivity contribution >= 4 is 33.6 Å². The van der Waals surface area contributed by atoms with Crippen LogP contribution < -0.4 is 0 Å². The highest BCUT2D eigenvalue weighted by Crippen LogP contribution is 2.42. The molecule has 114 valence electrons. The third-order valence-corrected chi connectivity index (χ3v) is 5.61. The average molecular weight is 404 g/mol. The summed E-state index contributed by atoms with van der Waals surface area (Å²) in [7, 11) is 2.08. The molecule has 0 saturated carbocycles. The Balaban J connectivity index is 2.28. The molecular formula is C19H21IN2. The molecule has 0 radical (unpaired) electrons. The number of pyridine rings is 1. The fraction of sp³-hybridized carbons (Fsp3) is 0.316. The summed E-state index contributed by atoms with van der Waals surface area (Å²) in [6.45, 7) is 6.95. The van der Waals surface area contributed by atoms with Gasteiger partial charge in [-0.15, -0.1) is 0 Å². The molecule has 0 N–H and O–H groups in total. The van der Waals surface area contributed by atoms with Gasteiger partial charge in [0.25, 0.3) is 0 Å². The first-order valence-electron chi connectivity index (χ1n) is 7.61. The molecule has 0 fully saturated rings. The number of hydrogen-bond donors (Lipinski definition) is 0. The number of aryl methyl sites for hydroxylation is 1. The van der Waals surface area contributed by atoms with Crippen molar-refractivity contribution in [2.24, 2.45) is 13.0 Å². The number of benzene rings is 1. The Morgan fingerprint density at radius 2 is 1.82 bits per heavy atom. The van der Waals surface area contributed by atoms with Gasteiger partial charge in [-0.05, 0) is 63.9 Å². The van der Waals surface area contributed by atoms with Crippen LogP contribution in [0.25, 0.3) is 11.0 Å². The van der Waals surface area contributed by atoms with E-state index in [4.69, 9.17) is 0 Å². The van der Waals surface area contributed by atoms with Gasteiger partial charge in [-0.1, -0.05) is 32.9 Å². The molecule has 3 rings (SSSR count). The lowest BCUT2D eigenvalue weighted by Gasteiger charge is -2.34. The number of aromatic nitrogens is 2. The van der Waals surface area contributed by atoms with Gasteiger partial charge in [0.15, 0.2) is 0 Å². The van der Waals surface area contributed by atoms with Gasteiger partial charge in [-0.2, -0.15) is 0 Å². The summed E-state index contributed by atoms with van der Waals surface area (Å²) >= 11 is 2.36. The molecule has 0 aliphatic carbocycles. The van der Waals surface area contributed by atoms with E-state index in [1.807, 2.05) is 12.3 Å². The molecule has 0 aliphatic heterocycles. The topological polar surface area (TPSA) is 17.8 Å². The second-order valence-corrected chi connectivity index (χ2v) is 7.64. The summed E-state index contributed by atoms with van der Waals surface area (Å²) in [6.07, 6.45) is 4.11. The van der Waals surface area contributed by atoms with Crippen LogP contribution in [0.15, 0.2) is 48.8 Å². The van der Waals surface area contributed by atoms with Crippen molar-refractivity contribution in [1.29, 1.82) is 0 Å². The van der Waals surface area contributed by atoms with E-state index in [0.717, 1.165) is 5.65 Å². The van der Waals surface area contributed by atoms with Crippen LogP contribution in [0, 0.1) is 9.49 Å². The van der Waals surface area contributed by atoms with Gasteiger partial charge < -0.3 is 4.57 Å². The Kier molecular flexibility index (Phi) is 4.02. The number of nitrogens with zero attached hydrogens (tertiary/aromatic N) is 2. The van der Waals surface area contributed by atoms with E-state index in [1.165, 1.54) is 20.1 Å². The molecule has 0 spiro atoms. The highest BCUT2D eigenvalue weighted by atomic mass is 127. The van der Waals surface area contributed by atoms with Crippen LogP contribution >= 0.6 is 22.6 Å². The molecule has 2 nitrogen and oxygen atoms in total. The fourth-order valence-corrected chi connectivity index (χ4v) is 3.58. The fourth-order valence-electron chi connectivity index (χ4n) is 3.22. The van der Waals surface area contributed by atoms with Gasteiger partial charge >= 0.3 is 0 Å². The predicted octanol–water partition coefficient (Wildman–Crippen LogP) is 5.14. The summed E-state index contributed by atoms with van der Waals surface area (Å²) < 4.78 is 3.41. The highest BCUT2D eigenvalue weighted by molar-refractivity contribution is 14.1. The van der Waals surface area contributed by atoms with Crippen molar-refractivity contribution < 1.29 is 0 Å². The Bertz CT molecular complexity index is 802. The zero-order valence-corrected chi connectivity index (χ0v) is 15.6. The number of rotatable bonds is 3. The summed E-state index contributed by atoms with van der Waals surface area (Å²) in [5.41, 5.74) is 3.73. The van der Waals surface area contributed by atoms with Gasteiger partial charge in [0.05, 0.1) is 0 Å². The van der Waals surface area contributed by atoms with E-state index in [2.05, 4.69) is 96.5 Å². The zero-order valence-electron chi connectivity index (χ0n) is 13.5. The van der Waals surface area contributed by atoms with E-state index in [-0.39, 0.29) is 5.41 Å². The zero-order chi connectivity index (χ0) is 15.9. The first-order chi connectivity index (χ1) is 10.4. The van der Waals surface area contributed by atoms with E-state index in [1.54, 1.807) is 0 Å². The Labute approximate surface area is 145 Å². The van der Waals surface area contributed by atoms with Crippen LogP contribution in [-0.2, 0) is 12.5 Å². The monoisotopic (exact) mass is 404 g/mol. The number of halogens is 1. The molecule has 0 aliphatic rings. The third-order valence-electron chi connectivity index (χ3n) is 4.89. The van der Waals surface area contributed by atoms with Crippen molar-refractivity contribution in [2.75, 3.05) is 0 Å². The second kappa shape index (κ2) is 5.69. The molecule has 2 heterocycles. The number of hydrogen-bond acceptors (Lipinski definition) is 1. The Morgan fingerprint density at radius 1 is 1.14 bits per heavy atom. The summed E-state index contributed by atoms with van der Waals surface area (Å²) in [6, 6.07) is 13.1. The van der Waals surface area contributed by atoms with Crippen LogP contribution in [0.2, 0.25) is 0 Å². The van der Waals surface area contributed by atoms with Gasteiger partial charge in [-0.3, -0.25) is 0 Å². The van der Waals surface area contributed by atoms with Crippen LogP contribution in [0.5, 0.6) is 0 Å². The summed E-state index contributed by atoms with van der Waals surface area (Å²) in [5.74, 6) is 0.485. The molecule has 3 heteroatoms. The molecule has 1 atom stereocenters. The molecule has 3 aromatic rings. The van der Waals surface area contributed by atoms with Gasteiger partial charge in [0.1, 0.15) is 5.65 Å². The van der Waals surface area contributed by atoms with Crippen molar-refractivity contribution in [3.63, 3.8) is 0 Å². The molecule has 2 aromatic heterocycles. The number of fused-ring (bicyclic) bond motifs is 1. The maximum absolute atomic E-state index is 4.54. The lowest BCUT2D eigenvalue weighted by Crippen LogP contribution is -2.30. The molecular weight excluding hydrogens is 383 g/mol. The quantitative estimate of drug-likeness (QED) is 0.553. The standard InChI is InChI=1S/C19H21IN2/c1-13(2)19(3,14-7-9-15(20)10-8-14)17-12-22(4)18-16(17)6-5-11-21-18/h5-13H,1-4H3. The normalized spacial score (nSPS) is 14.5. The lowest BCUT2D eigenvalue weighted by atomic mass is 9.68. The minimum Gasteiger partial charge on any atom is -0.335 e. The second-order valence-electron chi connectivity index (χ2n) is 6.39. The summed E-state index contributed by atoms with van der Waals surface area (Å²) in [4.78, 5) is 4.54. The van der Waals surface area contributed by atoms with E-state index < -0.39 is 0 Å². The molecule has 1 unspecified atom stereocenters. The predicted molar refractivity (Wildman–Crippen MR) is 101 cm³/mol. The molecule has 22 heavy (non-hydrogen) atoms. The van der Waals surface area contributed by atoms with Crippen LogP contribution in [0.1, 0.15) is 31.9 Å². The smallest absolute Gasteiger partial charge is 0.139 e. The maximum atomic E-state index is 4.54. The minimum absolute atomic E-state index is 0.0348. The minimum atomic E-state index is -0.0348. The van der Waals surface area contributed by atoms with Crippen LogP contribution in [0.4, 0.5) is 0 Å². The molecule has 0 saturated heterocycles. The maximum Gasteiger partial charge on any atom is 0.139 e. The van der Waals surface area contributed by atoms with Crippen molar-refractivity contribution in [3.8, 4) is 0 Å². The van der Waals surface area contributed by atoms with Gasteiger partial charge in [0, 0.05) is 33.8 Å². The highest BCUT2D eigenvalue weighted by Gasteiger charge is 2.35. The average Bonchev–Trinajstić information content (AvgIpc) is 2.85. The van der Waals surface area contributed by atoms with E-state index in [0.29, 0.717) is 5.92 Å². The molecule has 0 amide bonds. The van der Waals surface area contributed by atoms with Gasteiger partial charge in [-0.25, -0.2) is 4.98 Å². The van der Waals surface area contributed by atoms with Crippen LogP contribution in [-0.4, -0.2) is 9.55 Å². The third kappa shape index (κ3) is 2.35. The van der Waals surface area contributed by atoms with Crippen molar-refractivity contribution in [2.45, 2.75) is 26.2 Å². The molecule has 0 bridgehead atoms. The SMILES string of the molecule is CC(C)C(C)(c1ccc(I)cc1)c1cn(C)c2ncccc12. The summed E-state index contributed by atoms with van der Waals surface area (Å²) in [5, 5.41) is 1.25. The van der Waals surface area contributed by atoms with Crippen molar-refractivity contribution in [3.05, 3.63) is 63.5 Å². The molecule has 1 aromatic carbocycles. The van der Waals surface area contributed by atoms with Gasteiger partial charge in [0.2, 0.25) is 0 Å². The van der Waals surface area contributed by atoms with E-state index >= 15 is 0 Å². The Morgan fingerprint density at radius 3 is 2.45 bits per heavy atom. The first-order valence-corrected chi connectivity index (χ1v) is 8.69. The first kappa shape index (κ1) is 15.5. The Hall–Kier alpha value is -1.36. The van der Waals surface area contributed by atoms with Crippen LogP contribution in [0.3, 0.4) is 0 Å². The largest absolute Gasteiger partial charge is 0.335 e. The lowest BCUT2D eigenvalue weighted by molar-refractivity contribution is 0.407.